The zero-order valence-electron chi connectivity index (χ0n) is 10.8. The Kier molecular flexibility index (Phi) is 3.12. The topological polar surface area (TPSA) is 95.9 Å². The molecule has 0 aliphatic heterocycles. The van der Waals surface area contributed by atoms with Crippen LogP contribution in [0.2, 0.25) is 0 Å². The maximum Gasteiger partial charge on any atom is 0.342 e. The Labute approximate surface area is 108 Å². The van der Waals surface area contributed by atoms with E-state index in [4.69, 9.17) is 10.5 Å². The predicted molar refractivity (Wildman–Crippen MR) is 67.0 cm³/mol. The van der Waals surface area contributed by atoms with E-state index in [-0.39, 0.29) is 22.3 Å². The molecule has 0 radical (unpaired) electrons. The zero-order chi connectivity index (χ0) is 14.2. The number of aromatic nitrogens is 2. The van der Waals surface area contributed by atoms with E-state index in [2.05, 4.69) is 9.84 Å². The summed E-state index contributed by atoms with van der Waals surface area (Å²) in [6, 6.07) is 1.59. The van der Waals surface area contributed by atoms with Gasteiger partial charge in [-0.15, -0.1) is 0 Å². The molecule has 0 aromatic carbocycles. The molecule has 2 heterocycles. The van der Waals surface area contributed by atoms with Gasteiger partial charge in [0.1, 0.15) is 11.1 Å². The van der Waals surface area contributed by atoms with Crippen molar-refractivity contribution in [2.75, 3.05) is 20.0 Å². The second kappa shape index (κ2) is 4.60. The van der Waals surface area contributed by atoms with Crippen molar-refractivity contribution in [2.24, 2.45) is 0 Å². The highest BCUT2D eigenvalue weighted by Crippen LogP contribution is 2.25. The number of hydrogen-bond acceptors (Lipinski definition) is 6. The van der Waals surface area contributed by atoms with E-state index in [1.54, 1.807) is 13.0 Å². The first-order valence-electron chi connectivity index (χ1n) is 5.44. The summed E-state index contributed by atoms with van der Waals surface area (Å²) in [4.78, 5) is 23.5. The van der Waals surface area contributed by atoms with Crippen LogP contribution in [0.1, 0.15) is 26.4 Å². The minimum absolute atomic E-state index is 0.103. The second-order valence-corrected chi connectivity index (χ2v) is 3.92. The SMILES string of the molecule is COC(=O)c1cnn2c(C)cc(N)c(C(=O)OC)c12. The van der Waals surface area contributed by atoms with Crippen molar-refractivity contribution in [2.45, 2.75) is 6.92 Å². The first-order chi connectivity index (χ1) is 9.01. The van der Waals surface area contributed by atoms with E-state index in [9.17, 15) is 9.59 Å². The highest BCUT2D eigenvalue weighted by Gasteiger charge is 2.24. The summed E-state index contributed by atoms with van der Waals surface area (Å²) in [6.45, 7) is 1.76. The number of pyridine rings is 1. The maximum atomic E-state index is 11.8. The number of aryl methyl sites for hydroxylation is 1. The molecule has 0 unspecified atom stereocenters. The summed E-state index contributed by atoms with van der Waals surface area (Å²) in [5.74, 6) is -1.22. The van der Waals surface area contributed by atoms with Gasteiger partial charge >= 0.3 is 11.9 Å². The summed E-state index contributed by atoms with van der Waals surface area (Å²) in [7, 11) is 2.50. The Morgan fingerprint density at radius 2 is 1.89 bits per heavy atom. The van der Waals surface area contributed by atoms with Gasteiger partial charge < -0.3 is 15.2 Å². The third kappa shape index (κ3) is 1.88. The molecule has 7 nitrogen and oxygen atoms in total. The number of nitrogens with two attached hydrogens (primary N) is 1. The summed E-state index contributed by atoms with van der Waals surface area (Å²) in [5, 5.41) is 4.06. The van der Waals surface area contributed by atoms with E-state index in [0.717, 1.165) is 0 Å². The van der Waals surface area contributed by atoms with Crippen LogP contribution < -0.4 is 5.73 Å². The molecule has 2 aromatic rings. The molecule has 0 aliphatic rings. The molecule has 100 valence electrons. The van der Waals surface area contributed by atoms with E-state index >= 15 is 0 Å². The number of rotatable bonds is 2. The molecule has 0 fully saturated rings. The van der Waals surface area contributed by atoms with Crippen LogP contribution in [0, 0.1) is 6.92 Å². The smallest absolute Gasteiger partial charge is 0.342 e. The molecule has 0 saturated carbocycles. The minimum Gasteiger partial charge on any atom is -0.465 e. The summed E-state index contributed by atoms with van der Waals surface area (Å²) >= 11 is 0. The molecule has 0 saturated heterocycles. The largest absolute Gasteiger partial charge is 0.465 e. The highest BCUT2D eigenvalue weighted by molar-refractivity contribution is 6.09. The molecule has 7 heteroatoms. The molecule has 2 N–H and O–H groups in total. The Balaban J connectivity index is 2.89. The number of esters is 2. The van der Waals surface area contributed by atoms with Crippen molar-refractivity contribution in [3.8, 4) is 0 Å². The zero-order valence-corrected chi connectivity index (χ0v) is 10.8. The second-order valence-electron chi connectivity index (χ2n) is 3.92. The fourth-order valence-corrected chi connectivity index (χ4v) is 1.93. The van der Waals surface area contributed by atoms with Crippen molar-refractivity contribution in [3.63, 3.8) is 0 Å². The molecule has 0 bridgehead atoms. The number of carbonyl (C=O) groups is 2. The highest BCUT2D eigenvalue weighted by atomic mass is 16.5. The Hall–Kier alpha value is -2.57. The van der Waals surface area contributed by atoms with E-state index in [0.29, 0.717) is 5.69 Å². The van der Waals surface area contributed by atoms with Gasteiger partial charge in [-0.3, -0.25) is 0 Å². The van der Waals surface area contributed by atoms with Gasteiger partial charge in [-0.05, 0) is 13.0 Å². The molecular formula is C12H13N3O4. The summed E-state index contributed by atoms with van der Waals surface area (Å²) in [5.41, 5.74) is 7.31. The van der Waals surface area contributed by atoms with E-state index in [1.165, 1.54) is 24.9 Å². The van der Waals surface area contributed by atoms with Crippen LogP contribution in [0.3, 0.4) is 0 Å². The van der Waals surface area contributed by atoms with Crippen molar-refractivity contribution in [1.82, 2.24) is 9.61 Å². The number of nitrogen functional groups attached to an aromatic ring is 1. The normalized spacial score (nSPS) is 10.5. The number of methoxy groups -OCH3 is 2. The van der Waals surface area contributed by atoms with Gasteiger partial charge in [0.2, 0.25) is 0 Å². The number of fused-ring (bicyclic) bond motifs is 1. The van der Waals surface area contributed by atoms with Crippen LogP contribution in [-0.2, 0) is 9.47 Å². The molecule has 0 spiro atoms. The predicted octanol–water partition coefficient (Wildman–Crippen LogP) is 0.798. The van der Waals surface area contributed by atoms with Gasteiger partial charge in [-0.1, -0.05) is 0 Å². The van der Waals surface area contributed by atoms with Crippen LogP contribution in [0.15, 0.2) is 12.3 Å². The molecule has 2 aromatic heterocycles. The fraction of sp³-hybridized carbons (Fsp3) is 0.250. The number of hydrogen-bond donors (Lipinski definition) is 1. The molecule has 0 aliphatic carbocycles. The lowest BCUT2D eigenvalue weighted by atomic mass is 10.1. The van der Waals surface area contributed by atoms with E-state index < -0.39 is 11.9 Å². The Morgan fingerprint density at radius 3 is 2.47 bits per heavy atom. The van der Waals surface area contributed by atoms with Crippen molar-refractivity contribution in [3.05, 3.63) is 29.1 Å². The number of nitrogens with zero attached hydrogens (tertiary/aromatic N) is 2. The van der Waals surface area contributed by atoms with Gasteiger partial charge in [0.25, 0.3) is 0 Å². The first-order valence-corrected chi connectivity index (χ1v) is 5.44. The molecular weight excluding hydrogens is 250 g/mol. The van der Waals surface area contributed by atoms with Gasteiger partial charge in [-0.2, -0.15) is 5.10 Å². The third-order valence-corrected chi connectivity index (χ3v) is 2.79. The standard InChI is InChI=1S/C12H13N3O4/c1-6-4-8(13)9(12(17)19-3)10-7(11(16)18-2)5-14-15(6)10/h4-5H,13H2,1-3H3. The van der Waals surface area contributed by atoms with Crippen LogP contribution >= 0.6 is 0 Å². The Bertz CT molecular complexity index is 675. The van der Waals surface area contributed by atoms with Crippen molar-refractivity contribution in [1.29, 1.82) is 0 Å². The van der Waals surface area contributed by atoms with Crippen LogP contribution in [0.5, 0.6) is 0 Å². The third-order valence-electron chi connectivity index (χ3n) is 2.79. The number of ether oxygens (including phenoxy) is 2. The molecule has 2 rings (SSSR count). The van der Waals surface area contributed by atoms with Gasteiger partial charge in [0.05, 0.1) is 31.6 Å². The lowest BCUT2D eigenvalue weighted by Gasteiger charge is -2.09. The van der Waals surface area contributed by atoms with Crippen LogP contribution in [0.25, 0.3) is 5.52 Å². The first kappa shape index (κ1) is 12.9. The van der Waals surface area contributed by atoms with E-state index in [1.807, 2.05) is 0 Å². The minimum atomic E-state index is -0.631. The molecule has 0 amide bonds. The molecule has 0 atom stereocenters. The maximum absolute atomic E-state index is 11.8. The lowest BCUT2D eigenvalue weighted by Crippen LogP contribution is -2.12. The van der Waals surface area contributed by atoms with Crippen molar-refractivity contribution >= 4 is 23.1 Å². The average molecular weight is 263 g/mol. The van der Waals surface area contributed by atoms with Crippen molar-refractivity contribution < 1.29 is 19.1 Å². The van der Waals surface area contributed by atoms with Crippen LogP contribution in [-0.4, -0.2) is 35.8 Å². The average Bonchev–Trinajstić information content (AvgIpc) is 2.82. The molecule has 19 heavy (non-hydrogen) atoms. The number of anilines is 1. The lowest BCUT2D eigenvalue weighted by molar-refractivity contribution is 0.0601. The monoisotopic (exact) mass is 263 g/mol. The van der Waals surface area contributed by atoms with Gasteiger partial charge in [0, 0.05) is 5.69 Å². The summed E-state index contributed by atoms with van der Waals surface area (Å²) < 4.78 is 10.8. The van der Waals surface area contributed by atoms with Gasteiger partial charge in [0.15, 0.2) is 0 Å². The quantitative estimate of drug-likeness (QED) is 0.805. The number of carbonyl (C=O) groups excluding carboxylic acids is 2. The Morgan fingerprint density at radius 1 is 1.26 bits per heavy atom. The fourth-order valence-electron chi connectivity index (χ4n) is 1.93. The van der Waals surface area contributed by atoms with Crippen LogP contribution in [0.4, 0.5) is 5.69 Å². The van der Waals surface area contributed by atoms with Gasteiger partial charge in [-0.25, -0.2) is 14.1 Å². The summed E-state index contributed by atoms with van der Waals surface area (Å²) in [6.07, 6.45) is 1.33.